The normalized spacial score (nSPS) is 10.8. The molecule has 2 aromatic rings. The molecule has 0 atom stereocenters. The molecule has 0 radical (unpaired) electrons. The molecule has 0 saturated carbocycles. The van der Waals surface area contributed by atoms with Gasteiger partial charge >= 0.3 is 0 Å². The van der Waals surface area contributed by atoms with Crippen LogP contribution in [-0.4, -0.2) is 15.5 Å². The van der Waals surface area contributed by atoms with Crippen LogP contribution in [0, 0.1) is 0 Å². The molecule has 102 valence electrons. The highest BCUT2D eigenvalue weighted by atomic mass is 35.5. The van der Waals surface area contributed by atoms with Gasteiger partial charge in [-0.15, -0.1) is 12.4 Å². The smallest absolute Gasteiger partial charge is 0.206 e. The first-order valence-corrected chi connectivity index (χ1v) is 7.17. The van der Waals surface area contributed by atoms with Crippen molar-refractivity contribution in [2.45, 2.75) is 16.3 Å². The Hall–Kier alpha value is -1.36. The Bertz CT molecular complexity index is 627. The number of nitrogens with one attached hydrogen (secondary N) is 1. The van der Waals surface area contributed by atoms with Gasteiger partial charge in [-0.05, 0) is 30.8 Å². The van der Waals surface area contributed by atoms with Crippen LogP contribution in [-0.2, 0) is 16.4 Å². The predicted octanol–water partition coefficient (Wildman–Crippen LogP) is 2.66. The largest absolute Gasteiger partial charge is 0.316 e. The molecule has 0 unspecified atom stereocenters. The van der Waals surface area contributed by atoms with E-state index in [4.69, 9.17) is 0 Å². The highest BCUT2D eigenvalue weighted by molar-refractivity contribution is 7.91. The Morgan fingerprint density at radius 2 is 1.53 bits per heavy atom. The fourth-order valence-electron chi connectivity index (χ4n) is 1.83. The van der Waals surface area contributed by atoms with Crippen molar-refractivity contribution < 1.29 is 8.42 Å². The molecule has 1 N–H and O–H groups in total. The Labute approximate surface area is 120 Å². The summed E-state index contributed by atoms with van der Waals surface area (Å²) in [5, 5.41) is 2.98. The molecule has 0 aliphatic carbocycles. The van der Waals surface area contributed by atoms with Crippen LogP contribution in [0.15, 0.2) is 64.4 Å². The standard InChI is InChI=1S/C14H15NO2S.ClH/c1-15-11-12-7-5-6-10-14(12)18(16,17)13-8-3-2-4-9-13;/h2-10,15H,11H2,1H3;1H. The monoisotopic (exact) mass is 297 g/mol. The molecule has 0 fully saturated rings. The summed E-state index contributed by atoms with van der Waals surface area (Å²) in [6.07, 6.45) is 0. The molecule has 0 aliphatic rings. The molecule has 0 aliphatic heterocycles. The van der Waals surface area contributed by atoms with Crippen LogP contribution in [0.4, 0.5) is 0 Å². The van der Waals surface area contributed by atoms with Crippen LogP contribution < -0.4 is 5.32 Å². The zero-order valence-electron chi connectivity index (χ0n) is 10.5. The van der Waals surface area contributed by atoms with Crippen LogP contribution in [0.1, 0.15) is 5.56 Å². The van der Waals surface area contributed by atoms with Gasteiger partial charge in [-0.2, -0.15) is 0 Å². The van der Waals surface area contributed by atoms with Crippen LogP contribution >= 0.6 is 12.4 Å². The van der Waals surface area contributed by atoms with Crippen LogP contribution in [0.25, 0.3) is 0 Å². The summed E-state index contributed by atoms with van der Waals surface area (Å²) in [6, 6.07) is 15.6. The number of halogens is 1. The molecule has 0 bridgehead atoms. The maximum absolute atomic E-state index is 12.5. The summed E-state index contributed by atoms with van der Waals surface area (Å²) in [4.78, 5) is 0.694. The third-order valence-corrected chi connectivity index (χ3v) is 4.55. The average molecular weight is 298 g/mol. The van der Waals surface area contributed by atoms with Crippen molar-refractivity contribution in [3.8, 4) is 0 Å². The summed E-state index contributed by atoms with van der Waals surface area (Å²) >= 11 is 0. The zero-order chi connectivity index (χ0) is 13.0. The molecule has 0 amide bonds. The highest BCUT2D eigenvalue weighted by Crippen LogP contribution is 2.23. The fourth-order valence-corrected chi connectivity index (χ4v) is 3.34. The Kier molecular flexibility index (Phi) is 5.54. The first-order chi connectivity index (χ1) is 8.66. The van der Waals surface area contributed by atoms with E-state index in [1.165, 1.54) is 0 Å². The zero-order valence-corrected chi connectivity index (χ0v) is 12.2. The number of hydrogen-bond donors (Lipinski definition) is 1. The lowest BCUT2D eigenvalue weighted by Crippen LogP contribution is -2.11. The molecular formula is C14H16ClNO2S. The van der Waals surface area contributed by atoms with Crippen LogP contribution in [0.5, 0.6) is 0 Å². The van der Waals surface area contributed by atoms with Crippen molar-refractivity contribution in [1.82, 2.24) is 5.32 Å². The van der Waals surface area contributed by atoms with Gasteiger partial charge in [-0.25, -0.2) is 8.42 Å². The van der Waals surface area contributed by atoms with Gasteiger partial charge in [-0.3, -0.25) is 0 Å². The molecule has 0 aromatic heterocycles. The Balaban J connectivity index is 0.00000180. The van der Waals surface area contributed by atoms with E-state index in [1.54, 1.807) is 49.5 Å². The minimum Gasteiger partial charge on any atom is -0.316 e. The third-order valence-electron chi connectivity index (χ3n) is 2.68. The Morgan fingerprint density at radius 1 is 0.947 bits per heavy atom. The van der Waals surface area contributed by atoms with Gasteiger partial charge < -0.3 is 5.32 Å². The van der Waals surface area contributed by atoms with Gasteiger partial charge in [0.05, 0.1) is 9.79 Å². The summed E-state index contributed by atoms with van der Waals surface area (Å²) < 4.78 is 25.0. The topological polar surface area (TPSA) is 46.2 Å². The van der Waals surface area contributed by atoms with Crippen LogP contribution in [0.3, 0.4) is 0 Å². The first kappa shape index (κ1) is 15.7. The van der Waals surface area contributed by atoms with E-state index >= 15 is 0 Å². The van der Waals surface area contributed by atoms with Gasteiger partial charge in [0.15, 0.2) is 0 Å². The molecule has 3 nitrogen and oxygen atoms in total. The summed E-state index contributed by atoms with van der Waals surface area (Å²) in [5.41, 5.74) is 0.781. The average Bonchev–Trinajstić information content (AvgIpc) is 2.41. The minimum absolute atomic E-state index is 0. The third kappa shape index (κ3) is 3.35. The lowest BCUT2D eigenvalue weighted by atomic mass is 10.2. The second-order valence-corrected chi connectivity index (χ2v) is 5.87. The summed E-state index contributed by atoms with van der Waals surface area (Å²) in [7, 11) is -1.63. The molecule has 0 saturated heterocycles. The Morgan fingerprint density at radius 3 is 2.16 bits per heavy atom. The highest BCUT2D eigenvalue weighted by Gasteiger charge is 2.19. The molecule has 2 aromatic carbocycles. The van der Waals surface area contributed by atoms with E-state index in [1.807, 2.05) is 12.1 Å². The second kappa shape index (κ2) is 6.70. The van der Waals surface area contributed by atoms with E-state index in [9.17, 15) is 8.42 Å². The van der Waals surface area contributed by atoms with Crippen molar-refractivity contribution >= 4 is 22.2 Å². The second-order valence-electron chi connectivity index (χ2n) is 3.95. The SMILES string of the molecule is CNCc1ccccc1S(=O)(=O)c1ccccc1.Cl. The first-order valence-electron chi connectivity index (χ1n) is 5.69. The molecular weight excluding hydrogens is 282 g/mol. The fraction of sp³-hybridized carbons (Fsp3) is 0.143. The van der Waals surface area contributed by atoms with Crippen molar-refractivity contribution in [2.24, 2.45) is 0 Å². The maximum atomic E-state index is 12.5. The number of benzene rings is 2. The van der Waals surface area contributed by atoms with Gasteiger partial charge in [0.2, 0.25) is 9.84 Å². The predicted molar refractivity (Wildman–Crippen MR) is 78.3 cm³/mol. The van der Waals surface area contributed by atoms with Gasteiger partial charge in [0, 0.05) is 6.54 Å². The quantitative estimate of drug-likeness (QED) is 0.944. The van der Waals surface area contributed by atoms with Crippen molar-refractivity contribution in [2.75, 3.05) is 7.05 Å². The molecule has 19 heavy (non-hydrogen) atoms. The van der Waals surface area contributed by atoms with Gasteiger partial charge in [-0.1, -0.05) is 36.4 Å². The molecule has 2 rings (SSSR count). The molecule has 0 spiro atoms. The van der Waals surface area contributed by atoms with E-state index in [-0.39, 0.29) is 12.4 Å². The molecule has 5 heteroatoms. The van der Waals surface area contributed by atoms with E-state index in [0.29, 0.717) is 16.3 Å². The van der Waals surface area contributed by atoms with Gasteiger partial charge in [0.1, 0.15) is 0 Å². The van der Waals surface area contributed by atoms with E-state index < -0.39 is 9.84 Å². The summed E-state index contributed by atoms with van der Waals surface area (Å²) in [6.45, 7) is 0.530. The van der Waals surface area contributed by atoms with E-state index in [2.05, 4.69) is 5.32 Å². The summed E-state index contributed by atoms with van der Waals surface area (Å²) in [5.74, 6) is 0. The van der Waals surface area contributed by atoms with Gasteiger partial charge in [0.25, 0.3) is 0 Å². The van der Waals surface area contributed by atoms with Crippen molar-refractivity contribution in [3.05, 3.63) is 60.2 Å². The molecule has 0 heterocycles. The lowest BCUT2D eigenvalue weighted by Gasteiger charge is -2.10. The van der Waals surface area contributed by atoms with Crippen molar-refractivity contribution in [3.63, 3.8) is 0 Å². The number of sulfone groups is 1. The van der Waals surface area contributed by atoms with E-state index in [0.717, 1.165) is 5.56 Å². The minimum atomic E-state index is -3.43. The maximum Gasteiger partial charge on any atom is 0.206 e. The lowest BCUT2D eigenvalue weighted by molar-refractivity contribution is 0.594. The van der Waals surface area contributed by atoms with Crippen molar-refractivity contribution in [1.29, 1.82) is 0 Å². The number of rotatable bonds is 4. The van der Waals surface area contributed by atoms with Crippen LogP contribution in [0.2, 0.25) is 0 Å². The number of hydrogen-bond acceptors (Lipinski definition) is 3.